The van der Waals surface area contributed by atoms with Crippen LogP contribution >= 0.6 is 0 Å². The van der Waals surface area contributed by atoms with Crippen molar-refractivity contribution in [2.45, 2.75) is 114 Å². The van der Waals surface area contributed by atoms with Gasteiger partial charge in [-0.1, -0.05) is 32.3 Å². The Hall–Kier alpha value is -3.37. The number of amides is 2. The summed E-state index contributed by atoms with van der Waals surface area (Å²) < 4.78 is 42.1. The van der Waals surface area contributed by atoms with Crippen molar-refractivity contribution in [1.82, 2.24) is 14.2 Å². The zero-order valence-corrected chi connectivity index (χ0v) is 29.1. The summed E-state index contributed by atoms with van der Waals surface area (Å²) in [5.74, 6) is 0.803. The van der Waals surface area contributed by atoms with Crippen LogP contribution in [-0.4, -0.2) is 67.4 Å². The average Bonchev–Trinajstić information content (AvgIpc) is 3.76. The Kier molecular flexibility index (Phi) is 7.90. The Bertz CT molecular complexity index is 1870. The van der Waals surface area contributed by atoms with Gasteiger partial charge in [0.25, 0.3) is 5.91 Å². The number of piperidine rings is 1. The van der Waals surface area contributed by atoms with Crippen LogP contribution in [0.5, 0.6) is 5.75 Å². The number of hydrogen-bond donors (Lipinski definition) is 1. The van der Waals surface area contributed by atoms with Crippen LogP contribution in [0.25, 0.3) is 22.2 Å². The number of morpholine rings is 1. The van der Waals surface area contributed by atoms with E-state index in [4.69, 9.17) is 9.47 Å². The molecule has 5 atom stereocenters. The number of sulfonamides is 1. The molecule has 2 aliphatic carbocycles. The van der Waals surface area contributed by atoms with Gasteiger partial charge in [-0.2, -0.15) is 0 Å². The average molecular weight is 674 g/mol. The number of rotatable bonds is 7. The summed E-state index contributed by atoms with van der Waals surface area (Å²) in [5, 5.41) is 0.406. The predicted molar refractivity (Wildman–Crippen MR) is 185 cm³/mol. The first-order chi connectivity index (χ1) is 23.2. The van der Waals surface area contributed by atoms with Crippen molar-refractivity contribution in [3.8, 4) is 17.0 Å². The maximum Gasteiger partial charge on any atom is 0.264 e. The van der Waals surface area contributed by atoms with E-state index in [2.05, 4.69) is 26.3 Å². The van der Waals surface area contributed by atoms with Gasteiger partial charge in [-0.15, -0.1) is 0 Å². The first kappa shape index (κ1) is 31.9. The second-order valence-electron chi connectivity index (χ2n) is 15.0. The van der Waals surface area contributed by atoms with E-state index >= 15 is 4.79 Å². The molecule has 2 bridgehead atoms. The summed E-state index contributed by atoms with van der Waals surface area (Å²) in [5.41, 5.74) is 5.31. The highest BCUT2D eigenvalue weighted by Gasteiger charge is 2.65. The van der Waals surface area contributed by atoms with E-state index in [0.29, 0.717) is 37.7 Å². The number of aromatic nitrogens is 1. The van der Waals surface area contributed by atoms with Crippen LogP contribution in [-0.2, 0) is 26.1 Å². The van der Waals surface area contributed by atoms with Crippen molar-refractivity contribution in [3.05, 3.63) is 53.1 Å². The Morgan fingerprint density at radius 2 is 1.77 bits per heavy atom. The minimum atomic E-state index is -3.81. The van der Waals surface area contributed by atoms with Gasteiger partial charge in [0.2, 0.25) is 15.9 Å². The molecular formula is C38H47N3O6S. The van der Waals surface area contributed by atoms with Crippen LogP contribution in [0, 0.1) is 5.41 Å². The standard InChI is InChI=1S/C38H47N3O6S/c1-4-23(2)48(44,45)39-36(42)25-13-15-30-33(17-25)40-22-38(37(43)41-26-11-8-12-27(41)21-47-20-26)19-32(38)31-18-28(46-3)14-16-29(31)35(40)34(30)24-9-6-5-7-10-24/h13-18,23-24,26-27,32H,4-12,19-22H2,1-3H3,(H,39,42)/t23?,26-,27+,32?,38?. The SMILES string of the molecule is CCC(C)S(=O)(=O)NC(=O)c1ccc2c(C3CCCCC3)c3n(c2c1)CC1(C(=O)N2[C@@H]4CCC[C@H]2COC4)CC1c1cc(OC)ccc1-3. The lowest BCUT2D eigenvalue weighted by Crippen LogP contribution is -2.59. The van der Waals surface area contributed by atoms with Crippen molar-refractivity contribution >= 4 is 32.7 Å². The summed E-state index contributed by atoms with van der Waals surface area (Å²) >= 11 is 0. The van der Waals surface area contributed by atoms with Crippen LogP contribution < -0.4 is 9.46 Å². The fourth-order valence-electron chi connectivity index (χ4n) is 9.35. The normalized spacial score (nSPS) is 27.3. The van der Waals surface area contributed by atoms with Crippen LogP contribution in [0.15, 0.2) is 36.4 Å². The number of nitrogens with one attached hydrogen (secondary N) is 1. The second kappa shape index (κ2) is 11.9. The first-order valence-corrected chi connectivity index (χ1v) is 19.5. The van der Waals surface area contributed by atoms with Crippen LogP contribution in [0.2, 0.25) is 0 Å². The maximum atomic E-state index is 15.0. The predicted octanol–water partition coefficient (Wildman–Crippen LogP) is 6.49. The Labute approximate surface area is 283 Å². The van der Waals surface area contributed by atoms with Gasteiger partial charge in [-0.25, -0.2) is 13.1 Å². The van der Waals surface area contributed by atoms with Crippen molar-refractivity contribution < 1.29 is 27.5 Å². The minimum Gasteiger partial charge on any atom is -0.497 e. The highest BCUT2D eigenvalue weighted by molar-refractivity contribution is 7.90. The molecule has 3 unspecified atom stereocenters. The van der Waals surface area contributed by atoms with Gasteiger partial charge < -0.3 is 18.9 Å². The fraction of sp³-hybridized carbons (Fsp3) is 0.579. The molecule has 10 heteroatoms. The molecule has 48 heavy (non-hydrogen) atoms. The summed E-state index contributed by atoms with van der Waals surface area (Å²) in [4.78, 5) is 30.7. The third-order valence-electron chi connectivity index (χ3n) is 12.3. The van der Waals surface area contributed by atoms with Crippen LogP contribution in [0.4, 0.5) is 0 Å². The summed E-state index contributed by atoms with van der Waals surface area (Å²) in [6, 6.07) is 12.2. The molecule has 2 amide bonds. The minimum absolute atomic E-state index is 0.0555. The number of fused-ring (bicyclic) bond motifs is 9. The van der Waals surface area contributed by atoms with E-state index in [-0.39, 0.29) is 23.9 Å². The van der Waals surface area contributed by atoms with E-state index in [0.717, 1.165) is 72.0 Å². The number of benzene rings is 2. The molecule has 4 heterocycles. The molecule has 0 spiro atoms. The van der Waals surface area contributed by atoms with Crippen LogP contribution in [0.3, 0.4) is 0 Å². The van der Waals surface area contributed by atoms with Gasteiger partial charge in [-0.05, 0) is 99.2 Å². The molecule has 1 aromatic heterocycles. The summed E-state index contributed by atoms with van der Waals surface area (Å²) in [6.45, 7) is 5.10. The van der Waals surface area contributed by atoms with Gasteiger partial charge >= 0.3 is 0 Å². The maximum absolute atomic E-state index is 15.0. The van der Waals surface area contributed by atoms with Crippen molar-refractivity contribution in [3.63, 3.8) is 0 Å². The summed E-state index contributed by atoms with van der Waals surface area (Å²) in [6.07, 6.45) is 9.98. The molecule has 8 rings (SSSR count). The van der Waals surface area contributed by atoms with Gasteiger partial charge in [0.05, 0.1) is 48.8 Å². The Balaban J connectivity index is 1.32. The van der Waals surface area contributed by atoms with E-state index in [9.17, 15) is 13.2 Å². The molecule has 256 valence electrons. The fourth-order valence-corrected chi connectivity index (χ4v) is 10.4. The largest absolute Gasteiger partial charge is 0.497 e. The van der Waals surface area contributed by atoms with E-state index < -0.39 is 26.6 Å². The first-order valence-electron chi connectivity index (χ1n) is 18.0. The van der Waals surface area contributed by atoms with Gasteiger partial charge in [0, 0.05) is 34.5 Å². The zero-order chi connectivity index (χ0) is 33.4. The van der Waals surface area contributed by atoms with E-state index in [1.165, 1.54) is 24.8 Å². The van der Waals surface area contributed by atoms with Gasteiger partial charge in [0.1, 0.15) is 5.75 Å². The lowest BCUT2D eigenvalue weighted by Gasteiger charge is -2.47. The number of carbonyl (C=O) groups excluding carboxylic acids is 2. The second-order valence-corrected chi connectivity index (χ2v) is 17.1. The highest BCUT2D eigenvalue weighted by atomic mass is 32.2. The Morgan fingerprint density at radius 3 is 2.48 bits per heavy atom. The zero-order valence-electron chi connectivity index (χ0n) is 28.3. The molecule has 9 nitrogen and oxygen atoms in total. The van der Waals surface area contributed by atoms with Crippen molar-refractivity contribution in [2.24, 2.45) is 5.41 Å². The topological polar surface area (TPSA) is 107 Å². The molecule has 0 radical (unpaired) electrons. The van der Waals surface area contributed by atoms with Gasteiger partial charge in [-0.3, -0.25) is 9.59 Å². The highest BCUT2D eigenvalue weighted by Crippen LogP contribution is 2.66. The van der Waals surface area contributed by atoms with Crippen molar-refractivity contribution in [1.29, 1.82) is 0 Å². The lowest BCUT2D eigenvalue weighted by molar-refractivity contribution is -0.157. The number of nitrogens with zero attached hydrogens (tertiary/aromatic N) is 2. The van der Waals surface area contributed by atoms with E-state index in [1.807, 2.05) is 18.2 Å². The molecule has 1 N–H and O–H groups in total. The third-order valence-corrected chi connectivity index (χ3v) is 14.1. The van der Waals surface area contributed by atoms with Crippen molar-refractivity contribution in [2.75, 3.05) is 20.3 Å². The quantitative estimate of drug-likeness (QED) is 0.307. The third kappa shape index (κ3) is 4.99. The van der Waals surface area contributed by atoms with E-state index in [1.54, 1.807) is 27.0 Å². The Morgan fingerprint density at radius 1 is 1.02 bits per heavy atom. The molecular weight excluding hydrogens is 627 g/mol. The summed E-state index contributed by atoms with van der Waals surface area (Å²) in [7, 11) is -2.12. The number of methoxy groups -OCH3 is 1. The molecule has 4 fully saturated rings. The monoisotopic (exact) mass is 673 g/mol. The molecule has 3 aliphatic heterocycles. The lowest BCUT2D eigenvalue weighted by atomic mass is 9.81. The molecule has 2 saturated heterocycles. The number of ether oxygens (including phenoxy) is 2. The van der Waals surface area contributed by atoms with Crippen LogP contribution in [0.1, 0.15) is 111 Å². The molecule has 2 saturated carbocycles. The smallest absolute Gasteiger partial charge is 0.264 e. The number of carbonyl (C=O) groups is 2. The molecule has 3 aromatic rings. The molecule has 5 aliphatic rings. The number of hydrogen-bond acceptors (Lipinski definition) is 6. The van der Waals surface area contributed by atoms with Gasteiger partial charge in [0.15, 0.2) is 0 Å². The molecule has 2 aromatic carbocycles.